The maximum atomic E-state index is 4.22. The molecule has 0 bridgehead atoms. The third kappa shape index (κ3) is 3.20. The Morgan fingerprint density at radius 1 is 1.41 bits per heavy atom. The smallest absolute Gasteiger partial charge is 0.0570 e. The van der Waals surface area contributed by atoms with Crippen molar-refractivity contribution in [2.24, 2.45) is 0 Å². The van der Waals surface area contributed by atoms with Gasteiger partial charge in [-0.25, -0.2) is 0 Å². The molecule has 0 radical (unpaired) electrons. The molecule has 0 aliphatic carbocycles. The second kappa shape index (κ2) is 5.68. The number of rotatable bonds is 5. The molecule has 0 aliphatic rings. The Bertz CT molecular complexity index is 453. The van der Waals surface area contributed by atoms with Gasteiger partial charge < -0.3 is 10.2 Å². The maximum Gasteiger partial charge on any atom is 0.0570 e. The lowest BCUT2D eigenvalue weighted by atomic mass is 10.3. The Morgan fingerprint density at radius 3 is 3.00 bits per heavy atom. The number of aromatic nitrogens is 1. The van der Waals surface area contributed by atoms with Gasteiger partial charge in [0.25, 0.3) is 0 Å². The minimum Gasteiger partial charge on any atom is -0.387 e. The van der Waals surface area contributed by atoms with E-state index in [0.717, 1.165) is 24.3 Å². The van der Waals surface area contributed by atoms with Crippen LogP contribution in [0.1, 0.15) is 4.88 Å². The van der Waals surface area contributed by atoms with Crippen molar-refractivity contribution in [1.29, 1.82) is 0 Å². The standard InChI is InChI=1S/C13H17N3S/c1-14-11-8-12(10-15-9-11)16(2)6-5-13-4-3-7-17-13/h3-4,7-10,14H,5-6H2,1-2H3. The van der Waals surface area contributed by atoms with Crippen LogP contribution in [-0.2, 0) is 6.42 Å². The second-order valence-electron chi connectivity index (χ2n) is 3.93. The minimum absolute atomic E-state index is 1.01. The molecular formula is C13H17N3S. The highest BCUT2D eigenvalue weighted by molar-refractivity contribution is 7.09. The van der Waals surface area contributed by atoms with Crippen molar-refractivity contribution in [3.05, 3.63) is 40.8 Å². The van der Waals surface area contributed by atoms with Gasteiger partial charge in [0.05, 0.1) is 23.8 Å². The number of hydrogen-bond acceptors (Lipinski definition) is 4. The van der Waals surface area contributed by atoms with Crippen molar-refractivity contribution < 1.29 is 0 Å². The van der Waals surface area contributed by atoms with Crippen LogP contribution in [0.2, 0.25) is 0 Å². The first-order chi connectivity index (χ1) is 8.29. The Kier molecular flexibility index (Phi) is 3.98. The van der Waals surface area contributed by atoms with Crippen LogP contribution < -0.4 is 10.2 Å². The van der Waals surface area contributed by atoms with Crippen LogP contribution in [0, 0.1) is 0 Å². The van der Waals surface area contributed by atoms with Gasteiger partial charge in [0.1, 0.15) is 0 Å². The van der Waals surface area contributed by atoms with E-state index in [9.17, 15) is 0 Å². The first-order valence-corrected chi connectivity index (χ1v) is 6.54. The predicted octanol–water partition coefficient (Wildman–Crippen LogP) is 2.86. The van der Waals surface area contributed by atoms with Crippen molar-refractivity contribution in [2.75, 3.05) is 30.9 Å². The van der Waals surface area contributed by atoms with Crippen LogP contribution in [0.3, 0.4) is 0 Å². The highest BCUT2D eigenvalue weighted by atomic mass is 32.1. The number of anilines is 2. The summed E-state index contributed by atoms with van der Waals surface area (Å²) in [6, 6.07) is 6.39. The van der Waals surface area contributed by atoms with Gasteiger partial charge >= 0.3 is 0 Å². The summed E-state index contributed by atoms with van der Waals surface area (Å²) in [6.45, 7) is 1.01. The fraction of sp³-hybridized carbons (Fsp3) is 0.308. The summed E-state index contributed by atoms with van der Waals surface area (Å²) < 4.78 is 0. The Balaban J connectivity index is 1.96. The number of hydrogen-bond donors (Lipinski definition) is 1. The first-order valence-electron chi connectivity index (χ1n) is 5.66. The van der Waals surface area contributed by atoms with E-state index in [-0.39, 0.29) is 0 Å². The molecule has 0 atom stereocenters. The van der Waals surface area contributed by atoms with E-state index >= 15 is 0 Å². The molecule has 0 aliphatic heterocycles. The van der Waals surface area contributed by atoms with Crippen LogP contribution in [0.4, 0.5) is 11.4 Å². The third-order valence-corrected chi connectivity index (χ3v) is 3.66. The molecule has 0 saturated carbocycles. The predicted molar refractivity (Wildman–Crippen MR) is 75.1 cm³/mol. The third-order valence-electron chi connectivity index (χ3n) is 2.73. The maximum absolute atomic E-state index is 4.22. The zero-order valence-corrected chi connectivity index (χ0v) is 11.0. The van der Waals surface area contributed by atoms with Gasteiger partial charge in [0.15, 0.2) is 0 Å². The van der Waals surface area contributed by atoms with E-state index in [2.05, 4.69) is 45.8 Å². The van der Waals surface area contributed by atoms with Gasteiger partial charge in [-0.2, -0.15) is 0 Å². The largest absolute Gasteiger partial charge is 0.387 e. The average Bonchev–Trinajstić information content (AvgIpc) is 2.89. The van der Waals surface area contributed by atoms with Gasteiger partial charge in [0, 0.05) is 25.5 Å². The summed E-state index contributed by atoms with van der Waals surface area (Å²) in [5.74, 6) is 0. The average molecular weight is 247 g/mol. The molecule has 2 heterocycles. The highest BCUT2D eigenvalue weighted by Crippen LogP contribution is 2.17. The van der Waals surface area contributed by atoms with Gasteiger partial charge in [-0.15, -0.1) is 11.3 Å². The number of nitrogens with one attached hydrogen (secondary N) is 1. The molecule has 0 aromatic carbocycles. The van der Waals surface area contributed by atoms with Crippen LogP contribution in [-0.4, -0.2) is 25.6 Å². The lowest BCUT2D eigenvalue weighted by molar-refractivity contribution is 0.884. The Hall–Kier alpha value is -1.55. The molecule has 0 unspecified atom stereocenters. The summed E-state index contributed by atoms with van der Waals surface area (Å²) in [7, 11) is 4.01. The van der Waals surface area contributed by atoms with Crippen molar-refractivity contribution in [3.8, 4) is 0 Å². The summed E-state index contributed by atoms with van der Waals surface area (Å²) >= 11 is 1.81. The Morgan fingerprint density at radius 2 is 2.29 bits per heavy atom. The number of thiophene rings is 1. The zero-order chi connectivity index (χ0) is 12.1. The lowest BCUT2D eigenvalue weighted by Gasteiger charge is -2.19. The quantitative estimate of drug-likeness (QED) is 0.880. The molecule has 2 rings (SSSR count). The fourth-order valence-electron chi connectivity index (χ4n) is 1.64. The van der Waals surface area contributed by atoms with E-state index in [0.29, 0.717) is 0 Å². The molecular weight excluding hydrogens is 230 g/mol. The van der Waals surface area contributed by atoms with E-state index in [1.807, 2.05) is 30.8 Å². The molecule has 0 amide bonds. The normalized spacial score (nSPS) is 10.2. The second-order valence-corrected chi connectivity index (χ2v) is 4.96. The molecule has 0 saturated heterocycles. The monoisotopic (exact) mass is 247 g/mol. The molecule has 4 heteroatoms. The van der Waals surface area contributed by atoms with Crippen molar-refractivity contribution >= 4 is 22.7 Å². The first kappa shape index (κ1) is 11.9. The summed E-state index contributed by atoms with van der Waals surface area (Å²) in [5, 5.41) is 5.23. The lowest BCUT2D eigenvalue weighted by Crippen LogP contribution is -2.20. The van der Waals surface area contributed by atoms with E-state index in [4.69, 9.17) is 0 Å². The van der Waals surface area contributed by atoms with Crippen LogP contribution >= 0.6 is 11.3 Å². The van der Waals surface area contributed by atoms with Gasteiger partial charge in [0.2, 0.25) is 0 Å². The molecule has 17 heavy (non-hydrogen) atoms. The van der Waals surface area contributed by atoms with E-state index in [1.165, 1.54) is 4.88 Å². The molecule has 0 fully saturated rings. The highest BCUT2D eigenvalue weighted by Gasteiger charge is 2.03. The minimum atomic E-state index is 1.01. The fourth-order valence-corrected chi connectivity index (χ4v) is 2.33. The van der Waals surface area contributed by atoms with Crippen molar-refractivity contribution in [1.82, 2.24) is 4.98 Å². The SMILES string of the molecule is CNc1cncc(N(C)CCc2cccs2)c1. The number of pyridine rings is 1. The van der Waals surface area contributed by atoms with Gasteiger partial charge in [-0.05, 0) is 23.9 Å². The van der Waals surface area contributed by atoms with Crippen LogP contribution in [0.15, 0.2) is 36.0 Å². The van der Waals surface area contributed by atoms with E-state index in [1.54, 1.807) is 0 Å². The summed E-state index contributed by atoms with van der Waals surface area (Å²) in [4.78, 5) is 7.88. The number of likely N-dealkylation sites (N-methyl/N-ethyl adjacent to an activating group) is 1. The van der Waals surface area contributed by atoms with Crippen molar-refractivity contribution in [3.63, 3.8) is 0 Å². The molecule has 2 aromatic rings. The molecule has 1 N–H and O–H groups in total. The molecule has 90 valence electrons. The van der Waals surface area contributed by atoms with Crippen molar-refractivity contribution in [2.45, 2.75) is 6.42 Å². The molecule has 2 aromatic heterocycles. The van der Waals surface area contributed by atoms with Crippen LogP contribution in [0.5, 0.6) is 0 Å². The summed E-state index contributed by atoms with van der Waals surface area (Å²) in [5.41, 5.74) is 2.19. The van der Waals surface area contributed by atoms with E-state index < -0.39 is 0 Å². The van der Waals surface area contributed by atoms with Gasteiger partial charge in [-0.1, -0.05) is 6.07 Å². The van der Waals surface area contributed by atoms with Gasteiger partial charge in [-0.3, -0.25) is 4.98 Å². The topological polar surface area (TPSA) is 28.2 Å². The molecule has 0 spiro atoms. The zero-order valence-electron chi connectivity index (χ0n) is 10.2. The molecule has 3 nitrogen and oxygen atoms in total. The summed E-state index contributed by atoms with van der Waals surface area (Å²) in [6.07, 6.45) is 4.81. The van der Waals surface area contributed by atoms with Crippen LogP contribution in [0.25, 0.3) is 0 Å². The Labute approximate surface area is 106 Å². The number of nitrogens with zero attached hydrogens (tertiary/aromatic N) is 2.